The Hall–Kier alpha value is -1.44. The number of sulfonamides is 1. The van der Waals surface area contributed by atoms with Crippen LogP contribution >= 0.6 is 0 Å². The molecule has 1 N–H and O–H groups in total. The van der Waals surface area contributed by atoms with Crippen LogP contribution in [0.15, 0.2) is 29.2 Å². The molecule has 7 heteroatoms. The summed E-state index contributed by atoms with van der Waals surface area (Å²) in [4.78, 5) is 14.8. The van der Waals surface area contributed by atoms with Crippen LogP contribution in [0, 0.1) is 0 Å². The number of hydrogen-bond acceptors (Lipinski definition) is 4. The highest BCUT2D eigenvalue weighted by Crippen LogP contribution is 2.29. The van der Waals surface area contributed by atoms with E-state index >= 15 is 0 Å². The van der Waals surface area contributed by atoms with Crippen molar-refractivity contribution in [1.82, 2.24) is 9.62 Å². The van der Waals surface area contributed by atoms with E-state index in [2.05, 4.69) is 4.72 Å². The van der Waals surface area contributed by atoms with Gasteiger partial charge in [0.15, 0.2) is 0 Å². The Morgan fingerprint density at radius 1 is 1.22 bits per heavy atom. The number of fused-ring (bicyclic) bond motifs is 1. The van der Waals surface area contributed by atoms with Crippen LogP contribution in [0.25, 0.3) is 0 Å². The van der Waals surface area contributed by atoms with E-state index in [9.17, 15) is 13.2 Å². The van der Waals surface area contributed by atoms with Crippen molar-refractivity contribution in [3.8, 4) is 0 Å². The topological polar surface area (TPSA) is 75.7 Å². The van der Waals surface area contributed by atoms with Gasteiger partial charge >= 0.3 is 0 Å². The first kappa shape index (κ1) is 16.4. The molecule has 6 nitrogen and oxygen atoms in total. The fourth-order valence-corrected chi connectivity index (χ4v) is 4.14. The summed E-state index contributed by atoms with van der Waals surface area (Å²) in [5.41, 5.74) is 0.520. The summed E-state index contributed by atoms with van der Waals surface area (Å²) in [5, 5.41) is 0. The normalized spacial score (nSPS) is 25.0. The molecule has 0 aromatic heterocycles. The molecule has 0 radical (unpaired) electrons. The minimum atomic E-state index is -3.48. The van der Waals surface area contributed by atoms with Gasteiger partial charge in [-0.2, -0.15) is 0 Å². The van der Waals surface area contributed by atoms with Crippen molar-refractivity contribution in [3.63, 3.8) is 0 Å². The summed E-state index contributed by atoms with van der Waals surface area (Å²) in [6, 6.07) is 6.25. The molecule has 1 aromatic carbocycles. The maximum absolute atomic E-state index is 12.8. The lowest BCUT2D eigenvalue weighted by atomic mass is 9.89. The molecule has 1 saturated carbocycles. The summed E-state index contributed by atoms with van der Waals surface area (Å²) in [6.07, 6.45) is 4.40. The van der Waals surface area contributed by atoms with Gasteiger partial charge in [-0.05, 0) is 44.2 Å². The lowest BCUT2D eigenvalue weighted by Crippen LogP contribution is -2.54. The quantitative estimate of drug-likeness (QED) is 0.903. The molecule has 1 aliphatic heterocycles. The highest BCUT2D eigenvalue weighted by atomic mass is 32.2. The van der Waals surface area contributed by atoms with Crippen molar-refractivity contribution >= 4 is 15.9 Å². The Labute approximate surface area is 136 Å². The maximum atomic E-state index is 12.8. The molecule has 0 bridgehead atoms. The lowest BCUT2D eigenvalue weighted by Gasteiger charge is -2.43. The molecule has 1 aromatic rings. The number of rotatable bonds is 3. The average molecular weight is 338 g/mol. The van der Waals surface area contributed by atoms with Crippen LogP contribution in [0.2, 0.25) is 0 Å². The van der Waals surface area contributed by atoms with Crippen molar-refractivity contribution in [1.29, 1.82) is 0 Å². The van der Waals surface area contributed by atoms with E-state index in [1.807, 2.05) is 4.90 Å². The van der Waals surface area contributed by atoms with Gasteiger partial charge in [-0.25, -0.2) is 13.1 Å². The van der Waals surface area contributed by atoms with Crippen molar-refractivity contribution in [3.05, 3.63) is 29.8 Å². The summed E-state index contributed by atoms with van der Waals surface area (Å²) in [7, 11) is -2.11. The van der Waals surface area contributed by atoms with E-state index in [-0.39, 0.29) is 22.9 Å². The number of nitrogens with zero attached hydrogens (tertiary/aromatic N) is 1. The standard InChI is InChI=1S/C16H22N2O4S/c1-17-23(20,21)13-8-6-12(7-9-13)16(19)18-10-11-22-15-5-3-2-4-14(15)18/h6-9,14-15,17H,2-5,10-11H2,1H3/t14-,15+/m1/s1. The monoisotopic (exact) mass is 338 g/mol. The van der Waals surface area contributed by atoms with Gasteiger partial charge in [0, 0.05) is 12.1 Å². The zero-order valence-electron chi connectivity index (χ0n) is 13.2. The van der Waals surface area contributed by atoms with Crippen molar-refractivity contribution in [2.24, 2.45) is 0 Å². The van der Waals surface area contributed by atoms with Crippen molar-refractivity contribution < 1.29 is 17.9 Å². The summed E-state index contributed by atoms with van der Waals surface area (Å²) in [5.74, 6) is -0.0430. The zero-order valence-corrected chi connectivity index (χ0v) is 14.0. The van der Waals surface area contributed by atoms with E-state index in [0.717, 1.165) is 25.7 Å². The summed E-state index contributed by atoms with van der Waals surface area (Å²) >= 11 is 0. The molecule has 2 atom stereocenters. The smallest absolute Gasteiger partial charge is 0.254 e. The number of ether oxygens (including phenoxy) is 1. The minimum absolute atomic E-state index is 0.0430. The van der Waals surface area contributed by atoms with E-state index in [4.69, 9.17) is 4.74 Å². The number of benzene rings is 1. The predicted molar refractivity (Wildman–Crippen MR) is 85.7 cm³/mol. The van der Waals surface area contributed by atoms with Crippen molar-refractivity contribution in [2.75, 3.05) is 20.2 Å². The molecule has 3 rings (SSSR count). The van der Waals surface area contributed by atoms with Gasteiger partial charge in [0.1, 0.15) is 0 Å². The molecular weight excluding hydrogens is 316 g/mol. The fraction of sp³-hybridized carbons (Fsp3) is 0.562. The van der Waals surface area contributed by atoms with Crippen LogP contribution in [-0.2, 0) is 14.8 Å². The number of morpholine rings is 1. The van der Waals surface area contributed by atoms with E-state index < -0.39 is 10.0 Å². The van der Waals surface area contributed by atoms with E-state index in [0.29, 0.717) is 18.7 Å². The third-order valence-corrected chi connectivity index (χ3v) is 6.10. The Morgan fingerprint density at radius 3 is 2.61 bits per heavy atom. The first-order valence-electron chi connectivity index (χ1n) is 7.99. The van der Waals surface area contributed by atoms with Gasteiger partial charge in [0.2, 0.25) is 10.0 Å². The molecular formula is C16H22N2O4S. The zero-order chi connectivity index (χ0) is 16.4. The molecule has 1 saturated heterocycles. The minimum Gasteiger partial charge on any atom is -0.374 e. The van der Waals surface area contributed by atoms with Gasteiger partial charge in [-0.1, -0.05) is 12.8 Å². The molecule has 126 valence electrons. The number of hydrogen-bond donors (Lipinski definition) is 1. The van der Waals surface area contributed by atoms with Crippen LogP contribution in [0.4, 0.5) is 0 Å². The summed E-state index contributed by atoms with van der Waals surface area (Å²) < 4.78 is 31.6. The van der Waals surface area contributed by atoms with Gasteiger partial charge < -0.3 is 9.64 Å². The second-order valence-electron chi connectivity index (χ2n) is 5.99. The van der Waals surface area contributed by atoms with Gasteiger partial charge in [0.25, 0.3) is 5.91 Å². The SMILES string of the molecule is CNS(=O)(=O)c1ccc(C(=O)N2CCO[C@H]3CCCC[C@H]32)cc1. The highest BCUT2D eigenvalue weighted by molar-refractivity contribution is 7.89. The number of carbonyl (C=O) groups excluding carboxylic acids is 1. The molecule has 2 fully saturated rings. The van der Waals surface area contributed by atoms with Crippen LogP contribution in [-0.4, -0.2) is 51.6 Å². The Kier molecular flexibility index (Phi) is 4.70. The van der Waals surface area contributed by atoms with Gasteiger partial charge in [-0.3, -0.25) is 4.79 Å². The van der Waals surface area contributed by atoms with Crippen LogP contribution in [0.1, 0.15) is 36.0 Å². The van der Waals surface area contributed by atoms with E-state index in [1.165, 1.54) is 19.2 Å². The Balaban J connectivity index is 1.79. The Morgan fingerprint density at radius 2 is 1.91 bits per heavy atom. The number of nitrogens with one attached hydrogen (secondary N) is 1. The third kappa shape index (κ3) is 3.27. The lowest BCUT2D eigenvalue weighted by molar-refractivity contribution is -0.0752. The van der Waals surface area contributed by atoms with E-state index in [1.54, 1.807) is 12.1 Å². The molecule has 2 aliphatic rings. The molecule has 23 heavy (non-hydrogen) atoms. The Bertz CT molecular complexity index is 670. The summed E-state index contributed by atoms with van der Waals surface area (Å²) in [6.45, 7) is 1.16. The van der Waals surface area contributed by atoms with Gasteiger partial charge in [0.05, 0.1) is 23.6 Å². The average Bonchev–Trinajstić information content (AvgIpc) is 2.60. The van der Waals surface area contributed by atoms with Crippen LogP contribution < -0.4 is 4.72 Å². The molecule has 1 heterocycles. The van der Waals surface area contributed by atoms with Crippen LogP contribution in [0.3, 0.4) is 0 Å². The van der Waals surface area contributed by atoms with Crippen LogP contribution in [0.5, 0.6) is 0 Å². The molecule has 0 spiro atoms. The predicted octanol–water partition coefficient (Wildman–Crippen LogP) is 1.38. The second kappa shape index (κ2) is 6.59. The maximum Gasteiger partial charge on any atom is 0.254 e. The molecule has 0 unspecified atom stereocenters. The molecule has 1 amide bonds. The largest absolute Gasteiger partial charge is 0.374 e. The fourth-order valence-electron chi connectivity index (χ4n) is 3.41. The number of carbonyl (C=O) groups is 1. The first-order chi connectivity index (χ1) is 11.0. The first-order valence-corrected chi connectivity index (χ1v) is 9.47. The second-order valence-corrected chi connectivity index (χ2v) is 7.88. The number of amides is 1. The van der Waals surface area contributed by atoms with Gasteiger partial charge in [-0.15, -0.1) is 0 Å². The highest BCUT2D eigenvalue weighted by Gasteiger charge is 2.36. The third-order valence-electron chi connectivity index (χ3n) is 4.67. The molecule has 1 aliphatic carbocycles. The van der Waals surface area contributed by atoms with Crippen molar-refractivity contribution in [2.45, 2.75) is 42.7 Å².